The van der Waals surface area contributed by atoms with Crippen LogP contribution in [-0.4, -0.2) is 29.9 Å². The lowest BCUT2D eigenvalue weighted by Gasteiger charge is -2.32. The number of hydrogen-bond donors (Lipinski definition) is 1. The monoisotopic (exact) mass is 368 g/mol. The van der Waals surface area contributed by atoms with Crippen LogP contribution in [0.25, 0.3) is 0 Å². The molecule has 3 nitrogen and oxygen atoms in total. The van der Waals surface area contributed by atoms with Crippen molar-refractivity contribution in [2.24, 2.45) is 17.8 Å². The number of rotatable bonds is 5. The summed E-state index contributed by atoms with van der Waals surface area (Å²) in [6.07, 6.45) is 12.8. The molecule has 3 heteroatoms. The van der Waals surface area contributed by atoms with Crippen molar-refractivity contribution in [3.63, 3.8) is 0 Å². The van der Waals surface area contributed by atoms with Gasteiger partial charge in [-0.1, -0.05) is 81.7 Å². The Balaban J connectivity index is 1.41. The first-order chi connectivity index (χ1) is 13.3. The summed E-state index contributed by atoms with van der Waals surface area (Å²) in [4.78, 5) is 15.5. The van der Waals surface area contributed by atoms with Crippen LogP contribution in [0.1, 0.15) is 69.8 Å². The van der Waals surface area contributed by atoms with E-state index >= 15 is 0 Å². The van der Waals surface area contributed by atoms with Crippen molar-refractivity contribution in [2.75, 3.05) is 13.1 Å². The van der Waals surface area contributed by atoms with Crippen LogP contribution in [0.3, 0.4) is 0 Å². The Bertz CT molecular complexity index is 590. The molecule has 1 aromatic carbocycles. The first-order valence-corrected chi connectivity index (χ1v) is 11.4. The molecule has 3 aliphatic rings. The minimum absolute atomic E-state index is 0.272. The lowest BCUT2D eigenvalue weighted by molar-refractivity contribution is -0.127. The molecule has 2 atom stereocenters. The number of carbonyl (C=O) groups excluding carboxylic acids is 1. The molecular weight excluding hydrogens is 332 g/mol. The molecule has 2 saturated carbocycles. The number of carbonyl (C=O) groups is 1. The van der Waals surface area contributed by atoms with Gasteiger partial charge in [-0.15, -0.1) is 0 Å². The molecule has 0 spiro atoms. The number of hydrogen-bond acceptors (Lipinski definition) is 2. The molecule has 0 radical (unpaired) electrons. The van der Waals surface area contributed by atoms with E-state index in [1.807, 2.05) is 0 Å². The maximum absolute atomic E-state index is 12.9. The lowest BCUT2D eigenvalue weighted by Crippen LogP contribution is -2.45. The number of amides is 1. The van der Waals surface area contributed by atoms with E-state index in [4.69, 9.17) is 0 Å². The summed E-state index contributed by atoms with van der Waals surface area (Å²) in [5.41, 5.74) is 1.39. The number of nitrogens with zero attached hydrogens (tertiary/aromatic N) is 1. The Morgan fingerprint density at radius 2 is 1.56 bits per heavy atom. The highest BCUT2D eigenvalue weighted by molar-refractivity contribution is 5.79. The predicted molar refractivity (Wildman–Crippen MR) is 110 cm³/mol. The summed E-state index contributed by atoms with van der Waals surface area (Å²) < 4.78 is 0. The van der Waals surface area contributed by atoms with Crippen molar-refractivity contribution in [3.8, 4) is 0 Å². The second kappa shape index (κ2) is 9.23. The van der Waals surface area contributed by atoms with Gasteiger partial charge in [-0.05, 0) is 30.2 Å². The van der Waals surface area contributed by atoms with E-state index in [0.29, 0.717) is 17.9 Å². The zero-order valence-electron chi connectivity index (χ0n) is 16.7. The first-order valence-electron chi connectivity index (χ1n) is 11.4. The van der Waals surface area contributed by atoms with Crippen LogP contribution in [0.4, 0.5) is 0 Å². The number of nitrogens with one attached hydrogen (secondary N) is 1. The van der Waals surface area contributed by atoms with Gasteiger partial charge in [0.1, 0.15) is 0 Å². The smallest absolute Gasteiger partial charge is 0.223 e. The van der Waals surface area contributed by atoms with E-state index in [-0.39, 0.29) is 5.92 Å². The van der Waals surface area contributed by atoms with Gasteiger partial charge in [-0.3, -0.25) is 9.69 Å². The molecule has 0 bridgehead atoms. The minimum atomic E-state index is 0.272. The van der Waals surface area contributed by atoms with Gasteiger partial charge in [0.25, 0.3) is 0 Å². The molecule has 0 unspecified atom stereocenters. The zero-order valence-corrected chi connectivity index (χ0v) is 16.7. The molecule has 1 amide bonds. The van der Waals surface area contributed by atoms with Crippen molar-refractivity contribution >= 4 is 5.91 Å². The molecule has 1 saturated heterocycles. The van der Waals surface area contributed by atoms with Crippen LogP contribution in [0.15, 0.2) is 30.3 Å². The highest BCUT2D eigenvalue weighted by Gasteiger charge is 2.39. The van der Waals surface area contributed by atoms with Gasteiger partial charge in [0, 0.05) is 31.6 Å². The molecule has 1 N–H and O–H groups in total. The molecule has 148 valence electrons. The third kappa shape index (κ3) is 4.93. The molecule has 1 aliphatic heterocycles. The maximum atomic E-state index is 12.9. The van der Waals surface area contributed by atoms with Crippen molar-refractivity contribution in [1.29, 1.82) is 0 Å². The van der Waals surface area contributed by atoms with Crippen LogP contribution in [0.2, 0.25) is 0 Å². The van der Waals surface area contributed by atoms with E-state index in [9.17, 15) is 4.79 Å². The molecule has 2 aliphatic carbocycles. The second-order valence-electron chi connectivity index (χ2n) is 9.19. The molecule has 0 aromatic heterocycles. The molecular formula is C24H36N2O. The summed E-state index contributed by atoms with van der Waals surface area (Å²) in [5, 5.41) is 3.53. The minimum Gasteiger partial charge on any atom is -0.352 e. The van der Waals surface area contributed by atoms with Crippen molar-refractivity contribution in [2.45, 2.75) is 76.8 Å². The quantitative estimate of drug-likeness (QED) is 0.812. The predicted octanol–water partition coefficient (Wildman–Crippen LogP) is 4.76. The van der Waals surface area contributed by atoms with Crippen LogP contribution in [-0.2, 0) is 11.3 Å². The Labute approximate surface area is 164 Å². The summed E-state index contributed by atoms with van der Waals surface area (Å²) in [7, 11) is 0. The fourth-order valence-electron chi connectivity index (χ4n) is 5.74. The van der Waals surface area contributed by atoms with Crippen LogP contribution in [0.5, 0.6) is 0 Å². The van der Waals surface area contributed by atoms with Crippen molar-refractivity contribution < 1.29 is 4.79 Å². The Morgan fingerprint density at radius 3 is 2.26 bits per heavy atom. The Hall–Kier alpha value is -1.35. The van der Waals surface area contributed by atoms with Crippen LogP contribution < -0.4 is 5.32 Å². The van der Waals surface area contributed by atoms with E-state index < -0.39 is 0 Å². The topological polar surface area (TPSA) is 32.3 Å². The molecule has 1 heterocycles. The molecule has 3 fully saturated rings. The van der Waals surface area contributed by atoms with E-state index in [2.05, 4.69) is 40.5 Å². The van der Waals surface area contributed by atoms with Gasteiger partial charge in [0.05, 0.1) is 0 Å². The summed E-state index contributed by atoms with van der Waals surface area (Å²) in [5.74, 6) is 2.06. The van der Waals surface area contributed by atoms with Gasteiger partial charge in [-0.25, -0.2) is 0 Å². The molecule has 4 rings (SSSR count). The highest BCUT2D eigenvalue weighted by atomic mass is 16.2. The van der Waals surface area contributed by atoms with E-state index in [0.717, 1.165) is 38.4 Å². The third-order valence-electron chi connectivity index (χ3n) is 7.25. The van der Waals surface area contributed by atoms with E-state index in [1.54, 1.807) is 0 Å². The van der Waals surface area contributed by atoms with Gasteiger partial charge < -0.3 is 5.32 Å². The van der Waals surface area contributed by atoms with Crippen molar-refractivity contribution in [3.05, 3.63) is 35.9 Å². The average Bonchev–Trinajstić information content (AvgIpc) is 3.12. The van der Waals surface area contributed by atoms with Gasteiger partial charge in [-0.2, -0.15) is 0 Å². The summed E-state index contributed by atoms with van der Waals surface area (Å²) in [6, 6.07) is 11.2. The average molecular weight is 369 g/mol. The van der Waals surface area contributed by atoms with Gasteiger partial charge >= 0.3 is 0 Å². The Kier molecular flexibility index (Phi) is 6.49. The summed E-state index contributed by atoms with van der Waals surface area (Å²) in [6.45, 7) is 3.18. The van der Waals surface area contributed by atoms with Crippen molar-refractivity contribution in [1.82, 2.24) is 10.2 Å². The zero-order chi connectivity index (χ0) is 18.5. The summed E-state index contributed by atoms with van der Waals surface area (Å²) >= 11 is 0. The number of likely N-dealkylation sites (tertiary alicyclic amines) is 1. The van der Waals surface area contributed by atoms with Gasteiger partial charge in [0.2, 0.25) is 5.91 Å². The molecule has 27 heavy (non-hydrogen) atoms. The third-order valence-corrected chi connectivity index (χ3v) is 7.25. The lowest BCUT2D eigenvalue weighted by atomic mass is 9.77. The highest BCUT2D eigenvalue weighted by Crippen LogP contribution is 2.36. The SMILES string of the molecule is O=C(N[C@@H]1CN(Cc2ccccc2)C[C@H]1C1CCCCC1)C1CCCCC1. The number of benzene rings is 1. The Morgan fingerprint density at radius 1 is 0.889 bits per heavy atom. The van der Waals surface area contributed by atoms with E-state index in [1.165, 1.54) is 56.9 Å². The van der Waals surface area contributed by atoms with Crippen LogP contribution >= 0.6 is 0 Å². The van der Waals surface area contributed by atoms with Gasteiger partial charge in [0.15, 0.2) is 0 Å². The second-order valence-corrected chi connectivity index (χ2v) is 9.19. The van der Waals surface area contributed by atoms with Crippen LogP contribution in [0, 0.1) is 17.8 Å². The standard InChI is InChI=1S/C24H36N2O/c27-24(21-14-8-3-9-15-21)25-23-18-26(16-19-10-4-1-5-11-19)17-22(23)20-12-6-2-7-13-20/h1,4-5,10-11,20-23H,2-3,6-9,12-18H2,(H,25,27)/t22-,23+/m0/s1. The first kappa shape index (κ1) is 19.0. The maximum Gasteiger partial charge on any atom is 0.223 e. The normalized spacial score (nSPS) is 28.3. The molecule has 1 aromatic rings. The largest absolute Gasteiger partial charge is 0.352 e. The fraction of sp³-hybridized carbons (Fsp3) is 0.708. The fourth-order valence-corrected chi connectivity index (χ4v) is 5.74.